The molecule has 0 saturated carbocycles. The van der Waals surface area contributed by atoms with E-state index < -0.39 is 0 Å². The Morgan fingerprint density at radius 1 is 1.38 bits per heavy atom. The maximum Gasteiger partial charge on any atom is 0.0659 e. The Morgan fingerprint density at radius 2 is 2.12 bits per heavy atom. The first kappa shape index (κ1) is 11.6. The number of benzene rings is 1. The quantitative estimate of drug-likeness (QED) is 0.758. The van der Waals surface area contributed by atoms with Gasteiger partial charge in [-0.3, -0.25) is 0 Å². The summed E-state index contributed by atoms with van der Waals surface area (Å²) >= 11 is 11.7. The predicted molar refractivity (Wildman–Crippen MR) is 72.9 cm³/mol. The highest BCUT2D eigenvalue weighted by molar-refractivity contribution is 7.71. The molecule has 2 rings (SSSR count). The molecule has 1 heterocycles. The third kappa shape index (κ3) is 1.87. The van der Waals surface area contributed by atoms with Crippen molar-refractivity contribution < 1.29 is 0 Å². The maximum atomic E-state index is 6.15. The van der Waals surface area contributed by atoms with Crippen LogP contribution in [-0.4, -0.2) is 4.98 Å². The van der Waals surface area contributed by atoms with Gasteiger partial charge in [0.2, 0.25) is 0 Å². The second-order valence-electron chi connectivity index (χ2n) is 3.97. The number of hydrogen-bond acceptors (Lipinski definition) is 1. The van der Waals surface area contributed by atoms with Crippen molar-refractivity contribution in [2.24, 2.45) is 0 Å². The van der Waals surface area contributed by atoms with Crippen molar-refractivity contribution >= 4 is 34.7 Å². The highest BCUT2D eigenvalue weighted by Gasteiger charge is 2.07. The van der Waals surface area contributed by atoms with Gasteiger partial charge in [-0.15, -0.1) is 0 Å². The van der Waals surface area contributed by atoms with E-state index in [0.29, 0.717) is 0 Å². The summed E-state index contributed by atoms with van der Waals surface area (Å²) in [5.41, 5.74) is 3.33. The lowest BCUT2D eigenvalue weighted by molar-refractivity contribution is 0.901. The Morgan fingerprint density at radius 3 is 2.81 bits per heavy atom. The van der Waals surface area contributed by atoms with E-state index in [-0.39, 0.29) is 0 Å². The van der Waals surface area contributed by atoms with E-state index in [0.717, 1.165) is 39.0 Å². The van der Waals surface area contributed by atoms with Crippen LogP contribution in [0.4, 0.5) is 0 Å². The van der Waals surface area contributed by atoms with E-state index in [4.69, 9.17) is 23.8 Å². The minimum atomic E-state index is 0.731. The fourth-order valence-electron chi connectivity index (χ4n) is 1.99. The van der Waals surface area contributed by atoms with Crippen molar-refractivity contribution in [3.8, 4) is 0 Å². The number of halogens is 1. The molecule has 0 bridgehead atoms. The molecule has 16 heavy (non-hydrogen) atoms. The van der Waals surface area contributed by atoms with Crippen LogP contribution in [0.3, 0.4) is 0 Å². The lowest BCUT2D eigenvalue weighted by Gasteiger charge is -2.09. The molecule has 84 valence electrons. The molecule has 1 N–H and O–H groups in total. The van der Waals surface area contributed by atoms with Crippen LogP contribution < -0.4 is 0 Å². The zero-order chi connectivity index (χ0) is 11.7. The second-order valence-corrected chi connectivity index (χ2v) is 4.79. The van der Waals surface area contributed by atoms with Crippen LogP contribution in [0.5, 0.6) is 0 Å². The molecule has 0 aliphatic rings. The first-order valence-electron chi connectivity index (χ1n) is 5.45. The molecule has 0 radical (unpaired) electrons. The Hall–Kier alpha value is -0.860. The van der Waals surface area contributed by atoms with Gasteiger partial charge in [0.05, 0.1) is 15.0 Å². The topological polar surface area (TPSA) is 15.8 Å². The molecule has 0 unspecified atom stereocenters. The van der Waals surface area contributed by atoms with Crippen LogP contribution >= 0.6 is 23.8 Å². The van der Waals surface area contributed by atoms with Crippen LogP contribution in [0.2, 0.25) is 5.02 Å². The molecule has 1 aromatic heterocycles. The first-order chi connectivity index (χ1) is 7.65. The molecule has 1 aromatic carbocycles. The van der Waals surface area contributed by atoms with Gasteiger partial charge in [0.25, 0.3) is 0 Å². The summed E-state index contributed by atoms with van der Waals surface area (Å²) in [5, 5.41) is 1.78. The van der Waals surface area contributed by atoms with Crippen molar-refractivity contribution in [3.05, 3.63) is 39.0 Å². The summed E-state index contributed by atoms with van der Waals surface area (Å²) in [4.78, 5) is 3.35. The highest BCUT2D eigenvalue weighted by Crippen LogP contribution is 2.25. The van der Waals surface area contributed by atoms with E-state index in [1.807, 2.05) is 18.2 Å². The Kier molecular flexibility index (Phi) is 3.31. The number of aryl methyl sites for hydroxylation is 1. The van der Waals surface area contributed by atoms with Crippen LogP contribution in [0.15, 0.2) is 18.2 Å². The lowest BCUT2D eigenvalue weighted by atomic mass is 10.1. The van der Waals surface area contributed by atoms with E-state index >= 15 is 0 Å². The lowest BCUT2D eigenvalue weighted by Crippen LogP contribution is -1.95. The zero-order valence-corrected chi connectivity index (χ0v) is 11.0. The van der Waals surface area contributed by atoms with Crippen molar-refractivity contribution in [1.82, 2.24) is 4.98 Å². The maximum absolute atomic E-state index is 6.15. The standard InChI is InChI=1S/C13H14ClNS/c1-3-5-9-8(2)15-12-10(13(9)16)6-4-7-11(12)14/h4,6-7H,3,5H2,1-2H3,(H,15,16). The van der Waals surface area contributed by atoms with E-state index in [1.165, 1.54) is 5.56 Å². The number of hydrogen-bond donors (Lipinski definition) is 1. The first-order valence-corrected chi connectivity index (χ1v) is 6.23. The van der Waals surface area contributed by atoms with Crippen molar-refractivity contribution in [1.29, 1.82) is 0 Å². The second kappa shape index (κ2) is 4.56. The van der Waals surface area contributed by atoms with Crippen LogP contribution in [0.1, 0.15) is 24.6 Å². The minimum Gasteiger partial charge on any atom is -0.357 e. The van der Waals surface area contributed by atoms with Crippen molar-refractivity contribution in [2.75, 3.05) is 0 Å². The van der Waals surface area contributed by atoms with Crippen LogP contribution in [0.25, 0.3) is 10.9 Å². The molecular formula is C13H14ClNS. The molecule has 1 nitrogen and oxygen atoms in total. The number of nitrogens with one attached hydrogen (secondary N) is 1. The number of pyridine rings is 1. The summed E-state index contributed by atoms with van der Waals surface area (Å²) in [7, 11) is 0. The van der Waals surface area contributed by atoms with Crippen molar-refractivity contribution in [3.63, 3.8) is 0 Å². The van der Waals surface area contributed by atoms with Gasteiger partial charge in [-0.25, -0.2) is 0 Å². The summed E-state index contributed by atoms with van der Waals surface area (Å²) in [6.07, 6.45) is 2.12. The Balaban J connectivity index is 2.84. The third-order valence-electron chi connectivity index (χ3n) is 2.80. The molecule has 0 amide bonds. The number of para-hydroxylation sites is 1. The van der Waals surface area contributed by atoms with E-state index in [2.05, 4.69) is 18.8 Å². The average molecular weight is 252 g/mol. The Labute approximate surface area is 105 Å². The molecule has 0 atom stereocenters. The predicted octanol–water partition coefficient (Wildman–Crippen LogP) is 4.81. The molecule has 2 aromatic rings. The molecule has 0 aliphatic carbocycles. The van der Waals surface area contributed by atoms with Gasteiger partial charge >= 0.3 is 0 Å². The van der Waals surface area contributed by atoms with Crippen LogP contribution in [-0.2, 0) is 6.42 Å². The smallest absolute Gasteiger partial charge is 0.0659 e. The number of H-pyrrole nitrogens is 1. The van der Waals surface area contributed by atoms with E-state index in [1.54, 1.807) is 0 Å². The largest absolute Gasteiger partial charge is 0.357 e. The third-order valence-corrected chi connectivity index (χ3v) is 3.58. The monoisotopic (exact) mass is 251 g/mol. The molecular weight excluding hydrogens is 238 g/mol. The SMILES string of the molecule is CCCc1c(C)[nH]c2c(Cl)cccc2c1=S. The van der Waals surface area contributed by atoms with Gasteiger partial charge in [-0.1, -0.05) is 49.3 Å². The summed E-state index contributed by atoms with van der Waals surface area (Å²) in [5.74, 6) is 0. The fourth-order valence-corrected chi connectivity index (χ4v) is 2.63. The summed E-state index contributed by atoms with van der Waals surface area (Å²) < 4.78 is 0.940. The summed E-state index contributed by atoms with van der Waals surface area (Å²) in [6, 6.07) is 5.85. The van der Waals surface area contributed by atoms with Gasteiger partial charge in [0.15, 0.2) is 0 Å². The van der Waals surface area contributed by atoms with E-state index in [9.17, 15) is 0 Å². The van der Waals surface area contributed by atoms with Gasteiger partial charge in [-0.2, -0.15) is 0 Å². The molecule has 0 spiro atoms. The number of fused-ring (bicyclic) bond motifs is 1. The highest BCUT2D eigenvalue weighted by atomic mass is 35.5. The van der Waals surface area contributed by atoms with Crippen LogP contribution in [0, 0.1) is 11.4 Å². The van der Waals surface area contributed by atoms with Gasteiger partial charge in [-0.05, 0) is 25.0 Å². The summed E-state index contributed by atoms with van der Waals surface area (Å²) in [6.45, 7) is 4.22. The number of rotatable bonds is 2. The molecule has 0 aliphatic heterocycles. The van der Waals surface area contributed by atoms with Gasteiger partial charge < -0.3 is 4.98 Å². The fraction of sp³-hybridized carbons (Fsp3) is 0.308. The number of aromatic nitrogens is 1. The minimum absolute atomic E-state index is 0.731. The molecule has 0 saturated heterocycles. The van der Waals surface area contributed by atoms with Crippen molar-refractivity contribution in [2.45, 2.75) is 26.7 Å². The Bertz CT molecular complexity index is 586. The van der Waals surface area contributed by atoms with Gasteiger partial charge in [0, 0.05) is 11.1 Å². The number of aromatic amines is 1. The normalized spacial score (nSPS) is 10.9. The molecule has 0 fully saturated rings. The average Bonchev–Trinajstić information content (AvgIpc) is 2.26. The molecule has 3 heteroatoms. The van der Waals surface area contributed by atoms with Gasteiger partial charge in [0.1, 0.15) is 0 Å². The zero-order valence-electron chi connectivity index (χ0n) is 9.43.